The van der Waals surface area contributed by atoms with E-state index in [0.29, 0.717) is 23.6 Å². The minimum absolute atomic E-state index is 0.00475. The molecule has 2 aliphatic heterocycles. The molecule has 0 aliphatic carbocycles. The van der Waals surface area contributed by atoms with Crippen LogP contribution in [-0.2, 0) is 9.59 Å². The summed E-state index contributed by atoms with van der Waals surface area (Å²) in [5.41, 5.74) is 1.09. The number of aryl methyl sites for hydroxylation is 1. The Morgan fingerprint density at radius 1 is 0.875 bits per heavy atom. The fraction of sp³-hybridized carbons (Fsp3) is 0.214. The molecule has 0 N–H and O–H groups in total. The predicted molar refractivity (Wildman–Crippen MR) is 153 cm³/mol. The van der Waals surface area contributed by atoms with Gasteiger partial charge in [-0.3, -0.25) is 19.2 Å². The second kappa shape index (κ2) is 10.9. The van der Waals surface area contributed by atoms with Gasteiger partial charge in [0.05, 0.1) is 49.4 Å². The van der Waals surface area contributed by atoms with Gasteiger partial charge in [-0.2, -0.15) is 0 Å². The Kier molecular flexibility index (Phi) is 7.72. The Hall–Kier alpha value is -3.30. The lowest BCUT2D eigenvalue weighted by atomic mass is 10.1. The molecule has 0 spiro atoms. The lowest BCUT2D eigenvalue weighted by Crippen LogP contribution is -2.30. The number of amides is 3. The van der Waals surface area contributed by atoms with Crippen molar-refractivity contribution in [2.75, 3.05) is 23.0 Å². The Bertz CT molecular complexity index is 1540. The highest BCUT2D eigenvalue weighted by Crippen LogP contribution is 2.46. The van der Waals surface area contributed by atoms with E-state index in [0.717, 1.165) is 4.90 Å². The molecule has 2 aliphatic rings. The third kappa shape index (κ3) is 4.79. The van der Waals surface area contributed by atoms with Gasteiger partial charge in [-0.25, -0.2) is 4.90 Å². The Labute approximate surface area is 249 Å². The molecule has 206 valence electrons. The maximum atomic E-state index is 13.2. The summed E-state index contributed by atoms with van der Waals surface area (Å²) in [6.45, 7) is 4.23. The van der Waals surface area contributed by atoms with Crippen LogP contribution in [0.4, 0.5) is 11.4 Å². The number of rotatable bonds is 6. The van der Waals surface area contributed by atoms with E-state index in [1.165, 1.54) is 23.1 Å². The number of nitrogens with zero attached hydrogens (tertiary/aromatic N) is 2. The van der Waals surface area contributed by atoms with Gasteiger partial charge in [-0.05, 0) is 61.9 Å². The topological polar surface area (TPSA) is 93.2 Å². The normalized spacial score (nSPS) is 16.6. The first-order valence-corrected chi connectivity index (χ1v) is 13.6. The second-order valence-corrected chi connectivity index (χ2v) is 10.7. The first-order chi connectivity index (χ1) is 19.0. The van der Waals surface area contributed by atoms with Crippen LogP contribution >= 0.6 is 46.4 Å². The Balaban J connectivity index is 1.31. The first kappa shape index (κ1) is 28.2. The van der Waals surface area contributed by atoms with Crippen molar-refractivity contribution in [1.29, 1.82) is 0 Å². The van der Waals surface area contributed by atoms with Crippen molar-refractivity contribution in [2.45, 2.75) is 20.3 Å². The fourth-order valence-corrected chi connectivity index (χ4v) is 5.73. The van der Waals surface area contributed by atoms with Crippen molar-refractivity contribution in [1.82, 2.24) is 0 Å². The maximum absolute atomic E-state index is 13.2. The van der Waals surface area contributed by atoms with Crippen LogP contribution in [-0.4, -0.2) is 36.8 Å². The molecule has 1 saturated heterocycles. The molecule has 0 bridgehead atoms. The summed E-state index contributed by atoms with van der Waals surface area (Å²) in [4.78, 5) is 54.4. The van der Waals surface area contributed by atoms with E-state index in [1.807, 2.05) is 6.92 Å². The minimum atomic E-state index is -0.711. The molecule has 3 aromatic carbocycles. The molecule has 3 aromatic rings. The van der Waals surface area contributed by atoms with E-state index >= 15 is 0 Å². The largest absolute Gasteiger partial charge is 0.494 e. The van der Waals surface area contributed by atoms with Gasteiger partial charge < -0.3 is 14.4 Å². The van der Waals surface area contributed by atoms with Crippen molar-refractivity contribution >= 4 is 81.5 Å². The summed E-state index contributed by atoms with van der Waals surface area (Å²) >= 11 is 24.6. The molecule has 40 heavy (non-hydrogen) atoms. The van der Waals surface area contributed by atoms with E-state index in [1.54, 1.807) is 31.2 Å². The van der Waals surface area contributed by atoms with E-state index in [9.17, 15) is 19.2 Å². The summed E-state index contributed by atoms with van der Waals surface area (Å²) < 4.78 is 11.0. The third-order valence-electron chi connectivity index (χ3n) is 6.65. The van der Waals surface area contributed by atoms with Crippen LogP contribution in [0.15, 0.2) is 42.5 Å². The van der Waals surface area contributed by atoms with Crippen molar-refractivity contribution in [3.63, 3.8) is 0 Å². The van der Waals surface area contributed by atoms with Crippen LogP contribution in [0.3, 0.4) is 0 Å². The molecule has 0 radical (unpaired) electrons. The molecule has 3 amide bonds. The molecule has 5 rings (SSSR count). The van der Waals surface area contributed by atoms with E-state index in [-0.39, 0.29) is 61.5 Å². The highest BCUT2D eigenvalue weighted by atomic mass is 35.5. The molecular weight excluding hydrogens is 602 g/mol. The number of benzene rings is 3. The number of esters is 1. The minimum Gasteiger partial charge on any atom is -0.494 e. The van der Waals surface area contributed by atoms with Gasteiger partial charge in [0.1, 0.15) is 11.5 Å². The van der Waals surface area contributed by atoms with Gasteiger partial charge in [0.2, 0.25) is 5.91 Å². The molecule has 2 heterocycles. The molecule has 12 heteroatoms. The number of halogens is 4. The lowest BCUT2D eigenvalue weighted by Gasteiger charge is -2.18. The smallest absolute Gasteiger partial charge is 0.316 e. The SMILES string of the molecule is CCOc1ccc(N2C[C@H](C(=O)Oc3ccc(N4C(=O)c5c(Cl)c(Cl)c(Cl)c(Cl)c5C4=O)c(C)c3)CC2=O)cc1. The van der Waals surface area contributed by atoms with Gasteiger partial charge in [0.15, 0.2) is 0 Å². The highest BCUT2D eigenvalue weighted by Gasteiger charge is 2.43. The van der Waals surface area contributed by atoms with E-state index in [4.69, 9.17) is 55.9 Å². The van der Waals surface area contributed by atoms with Crippen LogP contribution in [0.25, 0.3) is 0 Å². The van der Waals surface area contributed by atoms with Crippen LogP contribution in [0.1, 0.15) is 39.6 Å². The monoisotopic (exact) mass is 620 g/mol. The first-order valence-electron chi connectivity index (χ1n) is 12.1. The quantitative estimate of drug-likeness (QED) is 0.0992. The Morgan fingerprint density at radius 3 is 2.00 bits per heavy atom. The van der Waals surface area contributed by atoms with Crippen LogP contribution in [0, 0.1) is 12.8 Å². The summed E-state index contributed by atoms with van der Waals surface area (Å²) in [7, 11) is 0. The van der Waals surface area contributed by atoms with Crippen molar-refractivity contribution in [3.05, 3.63) is 79.2 Å². The van der Waals surface area contributed by atoms with Crippen LogP contribution in [0.2, 0.25) is 20.1 Å². The van der Waals surface area contributed by atoms with Crippen molar-refractivity contribution in [3.8, 4) is 11.5 Å². The van der Waals surface area contributed by atoms with Gasteiger partial charge in [0.25, 0.3) is 11.8 Å². The molecule has 1 fully saturated rings. The molecule has 1 atom stereocenters. The number of imide groups is 1. The van der Waals surface area contributed by atoms with Crippen molar-refractivity contribution in [2.24, 2.45) is 5.92 Å². The number of anilines is 2. The fourth-order valence-electron chi connectivity index (χ4n) is 4.71. The summed E-state index contributed by atoms with van der Waals surface area (Å²) in [6, 6.07) is 11.5. The molecule has 0 unspecified atom stereocenters. The number of ether oxygens (including phenoxy) is 2. The highest BCUT2D eigenvalue weighted by molar-refractivity contribution is 6.56. The van der Waals surface area contributed by atoms with Crippen molar-refractivity contribution < 1.29 is 28.7 Å². The zero-order valence-corrected chi connectivity index (χ0v) is 24.1. The zero-order valence-electron chi connectivity index (χ0n) is 21.1. The Morgan fingerprint density at radius 2 is 1.45 bits per heavy atom. The second-order valence-electron chi connectivity index (χ2n) is 9.15. The molecule has 0 saturated carbocycles. The number of carbonyl (C=O) groups is 4. The number of fused-ring (bicyclic) bond motifs is 1. The van der Waals surface area contributed by atoms with Crippen LogP contribution < -0.4 is 19.3 Å². The van der Waals surface area contributed by atoms with Crippen LogP contribution in [0.5, 0.6) is 11.5 Å². The van der Waals surface area contributed by atoms with E-state index in [2.05, 4.69) is 0 Å². The average Bonchev–Trinajstić information content (AvgIpc) is 3.44. The standard InChI is InChI=1S/C28H20Cl4N2O6/c1-3-39-16-6-4-15(5-7-16)33-12-14(11-19(33)35)28(38)40-17-8-9-18(13(2)10-17)34-26(36)20-21(27(34)37)23(30)25(32)24(31)22(20)29/h4-10,14H,3,11-12H2,1-2H3/t14-/m1/s1. The number of hydrogen-bond donors (Lipinski definition) is 0. The molecular formula is C28H20Cl4N2O6. The van der Waals surface area contributed by atoms with Gasteiger partial charge in [0, 0.05) is 18.7 Å². The van der Waals surface area contributed by atoms with E-state index < -0.39 is 23.7 Å². The summed E-state index contributed by atoms with van der Waals surface area (Å²) in [5.74, 6) is -1.98. The zero-order chi connectivity index (χ0) is 28.9. The third-order valence-corrected chi connectivity index (χ3v) is 8.45. The molecule has 0 aromatic heterocycles. The predicted octanol–water partition coefficient (Wildman–Crippen LogP) is 6.77. The average molecular weight is 622 g/mol. The molecule has 8 nitrogen and oxygen atoms in total. The number of hydrogen-bond acceptors (Lipinski definition) is 6. The van der Waals surface area contributed by atoms with Gasteiger partial charge in [-0.1, -0.05) is 46.4 Å². The number of carbonyl (C=O) groups excluding carboxylic acids is 4. The summed E-state index contributed by atoms with van der Waals surface area (Å²) in [5, 5.41) is -0.581. The van der Waals surface area contributed by atoms with Gasteiger partial charge >= 0.3 is 5.97 Å². The maximum Gasteiger partial charge on any atom is 0.316 e. The van der Waals surface area contributed by atoms with Gasteiger partial charge in [-0.15, -0.1) is 0 Å². The summed E-state index contributed by atoms with van der Waals surface area (Å²) in [6.07, 6.45) is 0.00475. The lowest BCUT2D eigenvalue weighted by molar-refractivity contribution is -0.139.